The largest absolute Gasteiger partial charge is 0.421 e. The summed E-state index contributed by atoms with van der Waals surface area (Å²) in [6.07, 6.45) is 6.58. The molecule has 1 aliphatic rings. The molecule has 1 aromatic carbocycles. The molecule has 0 saturated heterocycles. The molecular formula is C24H23F2N7O. The molecule has 174 valence electrons. The average Bonchev–Trinajstić information content (AvgIpc) is 3.44. The first-order valence-corrected chi connectivity index (χ1v) is 10.9. The molecule has 5 rings (SSSR count). The van der Waals surface area contributed by atoms with Gasteiger partial charge in [0.25, 0.3) is 0 Å². The van der Waals surface area contributed by atoms with Crippen LogP contribution in [0.1, 0.15) is 30.4 Å². The fourth-order valence-corrected chi connectivity index (χ4v) is 3.86. The number of nitrogens with zero attached hydrogens (tertiary/aromatic N) is 3. The number of nitrogens with one attached hydrogen (secondary N) is 4. The number of rotatable bonds is 6. The Morgan fingerprint density at radius 3 is 2.79 bits per heavy atom. The highest BCUT2D eigenvalue weighted by Gasteiger charge is 2.19. The maximum absolute atomic E-state index is 15.1. The van der Waals surface area contributed by atoms with E-state index in [0.29, 0.717) is 29.6 Å². The van der Waals surface area contributed by atoms with Gasteiger partial charge in [0.15, 0.2) is 23.2 Å². The molecule has 0 fully saturated rings. The van der Waals surface area contributed by atoms with Crippen molar-refractivity contribution in [2.75, 3.05) is 18.4 Å². The minimum Gasteiger partial charge on any atom is -0.421 e. The van der Waals surface area contributed by atoms with E-state index in [4.69, 9.17) is 4.74 Å². The molecule has 0 atom stereocenters. The van der Waals surface area contributed by atoms with Crippen LogP contribution in [0.4, 0.5) is 20.4 Å². The van der Waals surface area contributed by atoms with Gasteiger partial charge < -0.3 is 20.4 Å². The number of H-pyrrole nitrogens is 2. The van der Waals surface area contributed by atoms with Gasteiger partial charge >= 0.3 is 6.01 Å². The molecule has 0 radical (unpaired) electrons. The molecular weight excluding hydrogens is 440 g/mol. The maximum Gasteiger partial charge on any atom is 0.324 e. The Balaban J connectivity index is 1.53. The van der Waals surface area contributed by atoms with Crippen molar-refractivity contribution in [1.82, 2.24) is 30.5 Å². The number of benzene rings is 1. The van der Waals surface area contributed by atoms with Crippen molar-refractivity contribution in [3.63, 3.8) is 0 Å². The third-order valence-corrected chi connectivity index (χ3v) is 5.40. The van der Waals surface area contributed by atoms with Crippen LogP contribution in [0.5, 0.6) is 11.8 Å². The SMILES string of the molecule is C/C=C/c1cc(Nc2cc(C3=CCNCC3)nc(Oc3cc(F)c4[nH]c(C)cc4c3F)n2)n[nH]1. The molecule has 0 amide bonds. The van der Waals surface area contributed by atoms with Gasteiger partial charge in [0, 0.05) is 35.8 Å². The van der Waals surface area contributed by atoms with Crippen molar-refractivity contribution in [2.45, 2.75) is 20.3 Å². The summed E-state index contributed by atoms with van der Waals surface area (Å²) in [5.41, 5.74) is 3.20. The van der Waals surface area contributed by atoms with Crippen molar-refractivity contribution in [1.29, 1.82) is 0 Å². The van der Waals surface area contributed by atoms with Crippen LogP contribution in [0.25, 0.3) is 22.6 Å². The highest BCUT2D eigenvalue weighted by molar-refractivity contribution is 5.83. The van der Waals surface area contributed by atoms with Crippen molar-refractivity contribution in [3.05, 3.63) is 65.1 Å². The predicted molar refractivity (Wildman–Crippen MR) is 127 cm³/mol. The van der Waals surface area contributed by atoms with Gasteiger partial charge in [-0.1, -0.05) is 12.2 Å². The summed E-state index contributed by atoms with van der Waals surface area (Å²) >= 11 is 0. The number of aromatic nitrogens is 5. The Kier molecular flexibility index (Phi) is 5.81. The molecule has 0 bridgehead atoms. The Hall–Kier alpha value is -4.05. The van der Waals surface area contributed by atoms with E-state index in [1.165, 1.54) is 6.07 Å². The second-order valence-electron chi connectivity index (χ2n) is 7.95. The van der Waals surface area contributed by atoms with Gasteiger partial charge in [0.2, 0.25) is 0 Å². The van der Waals surface area contributed by atoms with Crippen LogP contribution >= 0.6 is 0 Å². The Morgan fingerprint density at radius 1 is 1.12 bits per heavy atom. The standard InChI is InChI=1S/C24H23F2N7O/c1-3-4-15-10-21(33-32-15)30-20-12-18(14-5-7-27-8-6-14)29-24(31-20)34-19-11-17(25)23-16(22(19)26)9-13(2)28-23/h3-5,9-12,27-28H,6-8H2,1-2H3,(H2,29,30,31,32,33)/b4-3+. The Morgan fingerprint density at radius 2 is 2.00 bits per heavy atom. The van der Waals surface area contributed by atoms with Crippen molar-refractivity contribution in [3.8, 4) is 11.8 Å². The van der Waals surface area contributed by atoms with Gasteiger partial charge in [-0.05, 0) is 44.5 Å². The van der Waals surface area contributed by atoms with E-state index < -0.39 is 11.6 Å². The summed E-state index contributed by atoms with van der Waals surface area (Å²) in [5, 5.41) is 13.6. The van der Waals surface area contributed by atoms with Gasteiger partial charge in [-0.3, -0.25) is 5.10 Å². The van der Waals surface area contributed by atoms with E-state index in [1.807, 2.05) is 31.2 Å². The Labute approximate surface area is 194 Å². The molecule has 4 heterocycles. The maximum atomic E-state index is 15.1. The molecule has 4 N–H and O–H groups in total. The molecule has 1 aliphatic heterocycles. The summed E-state index contributed by atoms with van der Waals surface area (Å²) in [6, 6.07) is 6.03. The van der Waals surface area contributed by atoms with E-state index >= 15 is 4.39 Å². The first-order valence-electron chi connectivity index (χ1n) is 10.9. The topological polar surface area (TPSA) is 104 Å². The van der Waals surface area contributed by atoms with Crippen LogP contribution in [0, 0.1) is 18.6 Å². The summed E-state index contributed by atoms with van der Waals surface area (Å²) in [4.78, 5) is 11.7. The molecule has 3 aromatic heterocycles. The molecule has 8 nitrogen and oxygen atoms in total. The summed E-state index contributed by atoms with van der Waals surface area (Å²) in [5.74, 6) is -0.639. The number of halogens is 2. The van der Waals surface area contributed by atoms with Crippen LogP contribution in [0.3, 0.4) is 0 Å². The molecule has 4 aromatic rings. The Bertz CT molecular complexity index is 1420. The first kappa shape index (κ1) is 21.8. The van der Waals surface area contributed by atoms with Gasteiger partial charge in [-0.25, -0.2) is 8.78 Å². The lowest BCUT2D eigenvalue weighted by Gasteiger charge is -2.15. The molecule has 34 heavy (non-hydrogen) atoms. The fraction of sp³-hybridized carbons (Fsp3) is 0.208. The number of allylic oxidation sites excluding steroid dienone is 1. The van der Waals surface area contributed by atoms with Crippen LogP contribution < -0.4 is 15.4 Å². The number of aromatic amines is 2. The van der Waals surface area contributed by atoms with Crippen LogP contribution in [0.15, 0.2) is 36.4 Å². The monoisotopic (exact) mass is 463 g/mol. The molecule has 0 unspecified atom stereocenters. The minimum atomic E-state index is -0.686. The smallest absolute Gasteiger partial charge is 0.324 e. The minimum absolute atomic E-state index is 0.0923. The van der Waals surface area contributed by atoms with Crippen LogP contribution in [0.2, 0.25) is 0 Å². The zero-order valence-corrected chi connectivity index (χ0v) is 18.7. The zero-order valence-electron chi connectivity index (χ0n) is 18.7. The van der Waals surface area contributed by atoms with Crippen LogP contribution in [-0.4, -0.2) is 38.2 Å². The lowest BCUT2D eigenvalue weighted by Crippen LogP contribution is -2.20. The highest BCUT2D eigenvalue weighted by Crippen LogP contribution is 2.33. The summed E-state index contributed by atoms with van der Waals surface area (Å²) in [7, 11) is 0. The van der Waals surface area contributed by atoms with Gasteiger partial charge in [0.1, 0.15) is 5.82 Å². The van der Waals surface area contributed by atoms with E-state index in [2.05, 4.69) is 35.8 Å². The van der Waals surface area contributed by atoms with Gasteiger partial charge in [-0.2, -0.15) is 15.1 Å². The predicted octanol–water partition coefficient (Wildman–Crippen LogP) is 5.21. The lowest BCUT2D eigenvalue weighted by atomic mass is 10.1. The molecule has 10 heteroatoms. The number of aryl methyl sites for hydroxylation is 1. The average molecular weight is 463 g/mol. The van der Waals surface area contributed by atoms with Crippen molar-refractivity contribution in [2.24, 2.45) is 0 Å². The summed E-state index contributed by atoms with van der Waals surface area (Å²) in [6.45, 7) is 5.17. The fourth-order valence-electron chi connectivity index (χ4n) is 3.86. The molecule has 0 saturated carbocycles. The zero-order chi connectivity index (χ0) is 23.7. The third-order valence-electron chi connectivity index (χ3n) is 5.40. The first-order chi connectivity index (χ1) is 16.5. The number of hydrogen-bond acceptors (Lipinski definition) is 6. The second-order valence-corrected chi connectivity index (χ2v) is 7.95. The van der Waals surface area contributed by atoms with Crippen LogP contribution in [-0.2, 0) is 0 Å². The third kappa shape index (κ3) is 4.40. The second kappa shape index (κ2) is 9.06. The van der Waals surface area contributed by atoms with Gasteiger partial charge in [-0.15, -0.1) is 0 Å². The number of hydrogen-bond donors (Lipinski definition) is 4. The van der Waals surface area contributed by atoms with E-state index in [0.717, 1.165) is 30.3 Å². The van der Waals surface area contributed by atoms with E-state index in [9.17, 15) is 4.39 Å². The van der Waals surface area contributed by atoms with Crippen molar-refractivity contribution >= 4 is 34.2 Å². The normalized spacial score (nSPS) is 14.1. The highest BCUT2D eigenvalue weighted by atomic mass is 19.1. The number of fused-ring (bicyclic) bond motifs is 1. The van der Waals surface area contributed by atoms with E-state index in [1.54, 1.807) is 13.0 Å². The van der Waals surface area contributed by atoms with Crippen molar-refractivity contribution < 1.29 is 13.5 Å². The number of anilines is 2. The molecule has 0 spiro atoms. The lowest BCUT2D eigenvalue weighted by molar-refractivity contribution is 0.410. The summed E-state index contributed by atoms with van der Waals surface area (Å²) < 4.78 is 35.4. The number of ether oxygens (including phenoxy) is 1. The molecule has 0 aliphatic carbocycles. The van der Waals surface area contributed by atoms with E-state index in [-0.39, 0.29) is 22.7 Å². The van der Waals surface area contributed by atoms with Gasteiger partial charge in [0.05, 0.1) is 16.9 Å². The quantitative estimate of drug-likeness (QED) is 0.313.